The van der Waals surface area contributed by atoms with Gasteiger partial charge in [-0.15, -0.1) is 0 Å². The topological polar surface area (TPSA) is 50.2 Å². The number of aromatic nitrogens is 1. The number of carbonyl (C=O) groups is 1. The number of carboxylic acid groups (broad SMARTS) is 1. The minimum atomic E-state index is -1.05. The molecule has 19 heavy (non-hydrogen) atoms. The van der Waals surface area contributed by atoms with Crippen molar-refractivity contribution in [2.45, 2.75) is 6.42 Å². The molecule has 0 bridgehead atoms. The third-order valence-corrected chi connectivity index (χ3v) is 3.06. The summed E-state index contributed by atoms with van der Waals surface area (Å²) < 4.78 is 13.4. The molecule has 6 heteroatoms. The van der Waals surface area contributed by atoms with Gasteiger partial charge in [-0.25, -0.2) is 4.98 Å². The molecule has 0 fully saturated rings. The molecule has 1 N–H and O–H groups in total. The summed E-state index contributed by atoms with van der Waals surface area (Å²) in [6, 6.07) is 7.40. The van der Waals surface area contributed by atoms with E-state index in [9.17, 15) is 9.18 Å². The van der Waals surface area contributed by atoms with E-state index in [0.29, 0.717) is 21.2 Å². The predicted molar refractivity (Wildman–Crippen MR) is 71.0 cm³/mol. The lowest BCUT2D eigenvalue weighted by molar-refractivity contribution is -0.136. The molecule has 0 amide bonds. The van der Waals surface area contributed by atoms with Crippen molar-refractivity contribution in [1.29, 1.82) is 0 Å². The summed E-state index contributed by atoms with van der Waals surface area (Å²) in [6.07, 6.45) is -0.297. The molecule has 0 aliphatic rings. The molecule has 0 saturated heterocycles. The molecule has 98 valence electrons. The van der Waals surface area contributed by atoms with Crippen molar-refractivity contribution in [3.8, 4) is 11.3 Å². The van der Waals surface area contributed by atoms with E-state index in [1.807, 2.05) is 0 Å². The number of hydrogen-bond donors (Lipinski definition) is 1. The van der Waals surface area contributed by atoms with Crippen molar-refractivity contribution in [3.63, 3.8) is 0 Å². The molecule has 0 radical (unpaired) electrons. The van der Waals surface area contributed by atoms with Crippen LogP contribution in [0.3, 0.4) is 0 Å². The normalized spacial score (nSPS) is 10.5. The Bertz CT molecular complexity index is 626. The maximum atomic E-state index is 13.4. The molecule has 1 aromatic heterocycles. The second kappa shape index (κ2) is 5.55. The highest BCUT2D eigenvalue weighted by molar-refractivity contribution is 6.39. The summed E-state index contributed by atoms with van der Waals surface area (Å²) in [6.45, 7) is 0. The van der Waals surface area contributed by atoms with Crippen LogP contribution in [0, 0.1) is 5.95 Å². The highest BCUT2D eigenvalue weighted by atomic mass is 35.5. The van der Waals surface area contributed by atoms with Gasteiger partial charge < -0.3 is 5.11 Å². The zero-order valence-electron chi connectivity index (χ0n) is 9.53. The molecule has 1 heterocycles. The van der Waals surface area contributed by atoms with Crippen molar-refractivity contribution in [1.82, 2.24) is 4.98 Å². The van der Waals surface area contributed by atoms with Crippen LogP contribution in [-0.2, 0) is 11.2 Å². The molecule has 3 nitrogen and oxygen atoms in total. The summed E-state index contributed by atoms with van der Waals surface area (Å²) in [7, 11) is 0. The Hall–Kier alpha value is -1.65. The molecule has 2 rings (SSSR count). The van der Waals surface area contributed by atoms with E-state index in [2.05, 4.69) is 4.98 Å². The highest BCUT2D eigenvalue weighted by Gasteiger charge is 2.13. The zero-order chi connectivity index (χ0) is 14.0. The number of benzene rings is 1. The largest absolute Gasteiger partial charge is 0.481 e. The van der Waals surface area contributed by atoms with Gasteiger partial charge in [-0.05, 0) is 29.8 Å². The van der Waals surface area contributed by atoms with Crippen LogP contribution in [0.15, 0.2) is 30.3 Å². The number of halogens is 3. The first-order valence-electron chi connectivity index (χ1n) is 5.30. The van der Waals surface area contributed by atoms with E-state index in [-0.39, 0.29) is 12.1 Å². The van der Waals surface area contributed by atoms with Crippen molar-refractivity contribution < 1.29 is 14.3 Å². The number of nitrogens with zero attached hydrogens (tertiary/aromatic N) is 1. The van der Waals surface area contributed by atoms with Gasteiger partial charge in [0.1, 0.15) is 0 Å². The lowest BCUT2D eigenvalue weighted by Crippen LogP contribution is -2.02. The molecule has 0 spiro atoms. The Labute approximate surface area is 118 Å². The van der Waals surface area contributed by atoms with E-state index in [1.54, 1.807) is 18.2 Å². The average Bonchev–Trinajstić information content (AvgIpc) is 2.26. The van der Waals surface area contributed by atoms with Gasteiger partial charge in [-0.2, -0.15) is 4.39 Å². The summed E-state index contributed by atoms with van der Waals surface area (Å²) in [5.74, 6) is -1.83. The molecule has 2 aromatic rings. The molecular weight excluding hydrogens is 292 g/mol. The SMILES string of the molecule is O=C(O)Cc1cc(F)nc(-c2c(Cl)cccc2Cl)c1. The van der Waals surface area contributed by atoms with Crippen LogP contribution in [0.5, 0.6) is 0 Å². The van der Waals surface area contributed by atoms with Crippen LogP contribution < -0.4 is 0 Å². The van der Waals surface area contributed by atoms with Crippen molar-refractivity contribution >= 4 is 29.2 Å². The third kappa shape index (κ3) is 3.22. The Morgan fingerprint density at radius 3 is 2.47 bits per heavy atom. The fourth-order valence-electron chi connectivity index (χ4n) is 1.70. The second-order valence-corrected chi connectivity index (χ2v) is 4.66. The first-order valence-corrected chi connectivity index (χ1v) is 6.05. The number of hydrogen-bond acceptors (Lipinski definition) is 2. The van der Waals surface area contributed by atoms with Crippen LogP contribution in [0.2, 0.25) is 10.0 Å². The number of carboxylic acids is 1. The van der Waals surface area contributed by atoms with Gasteiger partial charge in [0.25, 0.3) is 0 Å². The molecule has 0 atom stereocenters. The molecule has 1 aromatic carbocycles. The Balaban J connectivity index is 2.56. The summed E-state index contributed by atoms with van der Waals surface area (Å²) in [5.41, 5.74) is 0.898. The molecule has 0 saturated carbocycles. The van der Waals surface area contributed by atoms with E-state index < -0.39 is 11.9 Å². The van der Waals surface area contributed by atoms with Crippen LogP contribution >= 0.6 is 23.2 Å². The monoisotopic (exact) mass is 299 g/mol. The standard InChI is InChI=1S/C13H8Cl2FNO2/c14-8-2-1-3-9(15)13(8)10-4-7(6-12(18)19)5-11(16)17-10/h1-5H,6H2,(H,18,19). The first-order chi connectivity index (χ1) is 8.97. The minimum Gasteiger partial charge on any atom is -0.481 e. The zero-order valence-corrected chi connectivity index (χ0v) is 11.0. The minimum absolute atomic E-state index is 0.215. The molecule has 0 aliphatic heterocycles. The third-order valence-electron chi connectivity index (χ3n) is 2.43. The summed E-state index contributed by atoms with van der Waals surface area (Å²) in [4.78, 5) is 14.4. The first kappa shape index (κ1) is 13.8. The van der Waals surface area contributed by atoms with Crippen molar-refractivity contribution in [2.24, 2.45) is 0 Å². The molecule has 0 unspecified atom stereocenters. The van der Waals surface area contributed by atoms with E-state index in [1.165, 1.54) is 6.07 Å². The summed E-state index contributed by atoms with van der Waals surface area (Å²) >= 11 is 12.0. The highest BCUT2D eigenvalue weighted by Crippen LogP contribution is 2.33. The van der Waals surface area contributed by atoms with Gasteiger partial charge in [0, 0.05) is 5.56 Å². The van der Waals surface area contributed by atoms with Crippen molar-refractivity contribution in [2.75, 3.05) is 0 Å². The fraction of sp³-hybridized carbons (Fsp3) is 0.0769. The van der Waals surface area contributed by atoms with Crippen LogP contribution in [-0.4, -0.2) is 16.1 Å². The maximum Gasteiger partial charge on any atom is 0.307 e. The number of pyridine rings is 1. The quantitative estimate of drug-likeness (QED) is 0.877. The number of aliphatic carboxylic acids is 1. The Kier molecular flexibility index (Phi) is 4.02. The Morgan fingerprint density at radius 2 is 1.89 bits per heavy atom. The van der Waals surface area contributed by atoms with Crippen LogP contribution in [0.1, 0.15) is 5.56 Å². The van der Waals surface area contributed by atoms with Crippen LogP contribution in [0.25, 0.3) is 11.3 Å². The van der Waals surface area contributed by atoms with E-state index in [0.717, 1.165) is 6.07 Å². The van der Waals surface area contributed by atoms with Gasteiger partial charge in [0.15, 0.2) is 0 Å². The Morgan fingerprint density at radius 1 is 1.26 bits per heavy atom. The van der Waals surface area contributed by atoms with Gasteiger partial charge in [0.05, 0.1) is 22.2 Å². The second-order valence-electron chi connectivity index (χ2n) is 3.85. The predicted octanol–water partition coefficient (Wildman–Crippen LogP) is 3.82. The molecule has 0 aliphatic carbocycles. The van der Waals surface area contributed by atoms with Crippen molar-refractivity contribution in [3.05, 3.63) is 51.9 Å². The maximum absolute atomic E-state index is 13.4. The van der Waals surface area contributed by atoms with E-state index >= 15 is 0 Å². The lowest BCUT2D eigenvalue weighted by Gasteiger charge is -2.08. The van der Waals surface area contributed by atoms with Gasteiger partial charge in [0.2, 0.25) is 5.95 Å². The smallest absolute Gasteiger partial charge is 0.307 e. The van der Waals surface area contributed by atoms with Gasteiger partial charge in [-0.1, -0.05) is 29.3 Å². The average molecular weight is 300 g/mol. The van der Waals surface area contributed by atoms with Crippen LogP contribution in [0.4, 0.5) is 4.39 Å². The van der Waals surface area contributed by atoms with Gasteiger partial charge >= 0.3 is 5.97 Å². The lowest BCUT2D eigenvalue weighted by atomic mass is 10.1. The van der Waals surface area contributed by atoms with Gasteiger partial charge in [-0.3, -0.25) is 4.79 Å². The fourth-order valence-corrected chi connectivity index (χ4v) is 2.29. The molecular formula is C13H8Cl2FNO2. The van der Waals surface area contributed by atoms with E-state index in [4.69, 9.17) is 28.3 Å². The summed E-state index contributed by atoms with van der Waals surface area (Å²) in [5, 5.41) is 9.39. The number of rotatable bonds is 3.